The van der Waals surface area contributed by atoms with E-state index in [1.807, 2.05) is 30.3 Å². The van der Waals surface area contributed by atoms with E-state index in [-0.39, 0.29) is 0 Å². The van der Waals surface area contributed by atoms with Crippen LogP contribution in [0, 0.1) is 4.91 Å². The zero-order valence-corrected chi connectivity index (χ0v) is 5.81. The van der Waals surface area contributed by atoms with Gasteiger partial charge in [-0.2, -0.15) is 0 Å². The highest BCUT2D eigenvalue weighted by Crippen LogP contribution is 2.00. The molecule has 0 bridgehead atoms. The lowest BCUT2D eigenvalue weighted by atomic mass is 10.2. The van der Waals surface area contributed by atoms with Crippen molar-refractivity contribution in [1.29, 1.82) is 0 Å². The summed E-state index contributed by atoms with van der Waals surface area (Å²) in [7, 11) is 0. The van der Waals surface area contributed by atoms with Crippen LogP contribution >= 0.6 is 0 Å². The fourth-order valence-corrected chi connectivity index (χ4v) is 0.698. The Morgan fingerprint density at radius 3 is 2.64 bits per heavy atom. The fraction of sp³-hybridized carbons (Fsp3) is 0. The van der Waals surface area contributed by atoms with Gasteiger partial charge in [-0.05, 0) is 11.6 Å². The van der Waals surface area contributed by atoms with Crippen molar-refractivity contribution in [1.82, 2.24) is 0 Å². The summed E-state index contributed by atoms with van der Waals surface area (Å²) in [5.41, 5.74) is 0.969. The molecular weight excluding hydrogens is 142 g/mol. The van der Waals surface area contributed by atoms with E-state index in [1.165, 1.54) is 6.26 Å². The minimum Gasteiger partial charge on any atom is -0.332 e. The molecule has 0 saturated carbocycles. The minimum absolute atomic E-state index is 0.969. The van der Waals surface area contributed by atoms with Gasteiger partial charge in [0, 0.05) is 0 Å². The average Bonchev–Trinajstić information content (AvgIpc) is 2.07. The monoisotopic (exact) mass is 149 g/mol. The first kappa shape index (κ1) is 7.47. The Balaban J connectivity index is 2.57. The molecule has 0 aliphatic rings. The van der Waals surface area contributed by atoms with Crippen LogP contribution in [0.3, 0.4) is 0 Å². The number of nitrogens with zero attached hydrogens (tertiary/aromatic N) is 1. The fourth-order valence-electron chi connectivity index (χ4n) is 0.698. The zero-order valence-electron chi connectivity index (χ0n) is 5.81. The van der Waals surface area contributed by atoms with E-state index in [0.29, 0.717) is 0 Å². The average molecular weight is 149 g/mol. The molecule has 11 heavy (non-hydrogen) atoms. The summed E-state index contributed by atoms with van der Waals surface area (Å²) >= 11 is 0. The maximum absolute atomic E-state index is 9.47. The molecule has 0 heterocycles. The second kappa shape index (κ2) is 4.22. The third-order valence-corrected chi connectivity index (χ3v) is 1.16. The third kappa shape index (κ3) is 2.62. The van der Waals surface area contributed by atoms with Gasteiger partial charge in [0.25, 0.3) is 0 Å². The van der Waals surface area contributed by atoms with Crippen molar-refractivity contribution in [2.75, 3.05) is 0 Å². The first-order valence-corrected chi connectivity index (χ1v) is 3.13. The molecule has 0 amide bonds. The molecule has 0 unspecified atom stereocenters. The summed E-state index contributed by atoms with van der Waals surface area (Å²) in [5.74, 6) is 0. The molecule has 1 aromatic rings. The van der Waals surface area contributed by atoms with Gasteiger partial charge in [0.1, 0.15) is 6.26 Å². The van der Waals surface area contributed by atoms with Gasteiger partial charge in [0.2, 0.25) is 0 Å². The standard InChI is InChI=1S/C8H7NO2/c10-9-11-7-6-8-4-2-1-3-5-8/h1-7H/b7-6+. The summed E-state index contributed by atoms with van der Waals surface area (Å²) in [5, 5.41) is 2.21. The number of hydrogen-bond donors (Lipinski definition) is 0. The topological polar surface area (TPSA) is 38.7 Å². The zero-order chi connectivity index (χ0) is 7.94. The van der Waals surface area contributed by atoms with Crippen molar-refractivity contribution in [2.24, 2.45) is 5.34 Å². The predicted molar refractivity (Wildman–Crippen MR) is 42.4 cm³/mol. The van der Waals surface area contributed by atoms with Crippen LogP contribution in [0.15, 0.2) is 41.9 Å². The lowest BCUT2D eigenvalue weighted by Crippen LogP contribution is -1.68. The Morgan fingerprint density at radius 2 is 2.00 bits per heavy atom. The molecule has 0 N–H and O–H groups in total. The normalized spacial score (nSPS) is 9.82. The second-order valence-corrected chi connectivity index (χ2v) is 1.89. The molecule has 0 radical (unpaired) electrons. The van der Waals surface area contributed by atoms with Crippen LogP contribution in [0.4, 0.5) is 0 Å². The van der Waals surface area contributed by atoms with Crippen LogP contribution in [0.2, 0.25) is 0 Å². The Bertz CT molecular complexity index is 244. The number of rotatable bonds is 3. The van der Waals surface area contributed by atoms with Gasteiger partial charge in [0.05, 0.1) is 0 Å². The van der Waals surface area contributed by atoms with Crippen LogP contribution in [0.5, 0.6) is 0 Å². The Hall–Kier alpha value is -1.64. The molecule has 1 rings (SSSR count). The quantitative estimate of drug-likeness (QED) is 0.376. The van der Waals surface area contributed by atoms with Crippen LogP contribution in [-0.2, 0) is 4.84 Å². The molecule has 0 spiro atoms. The van der Waals surface area contributed by atoms with E-state index in [9.17, 15) is 4.91 Å². The summed E-state index contributed by atoms with van der Waals surface area (Å²) < 4.78 is 0. The SMILES string of the molecule is O=NO/C=C/c1ccccc1. The van der Waals surface area contributed by atoms with Gasteiger partial charge in [-0.3, -0.25) is 0 Å². The van der Waals surface area contributed by atoms with Gasteiger partial charge in [0.15, 0.2) is 5.34 Å². The summed E-state index contributed by atoms with van der Waals surface area (Å²) in [6, 6.07) is 9.49. The summed E-state index contributed by atoms with van der Waals surface area (Å²) in [6.07, 6.45) is 2.89. The van der Waals surface area contributed by atoms with Gasteiger partial charge in [-0.25, -0.2) is 0 Å². The van der Waals surface area contributed by atoms with Crippen LogP contribution < -0.4 is 0 Å². The number of benzene rings is 1. The highest BCUT2D eigenvalue weighted by atomic mass is 16.7. The van der Waals surface area contributed by atoms with E-state index in [1.54, 1.807) is 6.08 Å². The van der Waals surface area contributed by atoms with E-state index in [2.05, 4.69) is 10.2 Å². The molecule has 0 saturated heterocycles. The van der Waals surface area contributed by atoms with Gasteiger partial charge in [-0.1, -0.05) is 30.3 Å². The third-order valence-electron chi connectivity index (χ3n) is 1.16. The van der Waals surface area contributed by atoms with Gasteiger partial charge in [-0.15, -0.1) is 4.91 Å². The van der Waals surface area contributed by atoms with Crippen molar-refractivity contribution in [2.45, 2.75) is 0 Å². The molecule has 3 heteroatoms. The first-order chi connectivity index (χ1) is 5.43. The van der Waals surface area contributed by atoms with Crippen molar-refractivity contribution >= 4 is 6.08 Å². The molecule has 0 aliphatic heterocycles. The molecule has 1 aromatic carbocycles. The number of hydrogen-bond acceptors (Lipinski definition) is 3. The predicted octanol–water partition coefficient (Wildman–Crippen LogP) is 2.36. The Kier molecular flexibility index (Phi) is 2.86. The highest BCUT2D eigenvalue weighted by Gasteiger charge is 1.80. The molecular formula is C8H7NO2. The second-order valence-electron chi connectivity index (χ2n) is 1.89. The highest BCUT2D eigenvalue weighted by molar-refractivity contribution is 5.47. The molecule has 56 valence electrons. The maximum Gasteiger partial charge on any atom is 0.160 e. The van der Waals surface area contributed by atoms with Crippen LogP contribution in [-0.4, -0.2) is 0 Å². The van der Waals surface area contributed by atoms with Crippen LogP contribution in [0.1, 0.15) is 5.56 Å². The van der Waals surface area contributed by atoms with E-state index >= 15 is 0 Å². The van der Waals surface area contributed by atoms with Crippen molar-refractivity contribution < 1.29 is 4.84 Å². The molecule has 0 aliphatic carbocycles. The van der Waals surface area contributed by atoms with Crippen LogP contribution in [0.25, 0.3) is 6.08 Å². The summed E-state index contributed by atoms with van der Waals surface area (Å²) in [6.45, 7) is 0. The van der Waals surface area contributed by atoms with E-state index < -0.39 is 0 Å². The van der Waals surface area contributed by atoms with Gasteiger partial charge >= 0.3 is 0 Å². The molecule has 0 atom stereocenters. The lowest BCUT2D eigenvalue weighted by Gasteiger charge is -1.87. The van der Waals surface area contributed by atoms with Crippen molar-refractivity contribution in [3.63, 3.8) is 0 Å². The minimum atomic E-state index is 0.969. The van der Waals surface area contributed by atoms with Crippen molar-refractivity contribution in [3.05, 3.63) is 47.1 Å². The smallest absolute Gasteiger partial charge is 0.160 e. The maximum atomic E-state index is 9.47. The van der Waals surface area contributed by atoms with Gasteiger partial charge < -0.3 is 4.84 Å². The Labute approximate surface area is 64.2 Å². The lowest BCUT2D eigenvalue weighted by molar-refractivity contribution is 0.265. The Morgan fingerprint density at radius 1 is 1.27 bits per heavy atom. The molecule has 3 nitrogen and oxygen atoms in total. The largest absolute Gasteiger partial charge is 0.332 e. The summed E-state index contributed by atoms with van der Waals surface area (Å²) in [4.78, 5) is 13.6. The molecule has 0 aromatic heterocycles. The first-order valence-electron chi connectivity index (χ1n) is 3.13. The van der Waals surface area contributed by atoms with E-state index in [4.69, 9.17) is 0 Å². The van der Waals surface area contributed by atoms with Crippen molar-refractivity contribution in [3.8, 4) is 0 Å². The molecule has 0 fully saturated rings. The van der Waals surface area contributed by atoms with E-state index in [0.717, 1.165) is 5.56 Å².